The van der Waals surface area contributed by atoms with Crippen LogP contribution in [0.2, 0.25) is 0 Å². The van der Waals surface area contributed by atoms with Crippen LogP contribution in [-0.2, 0) is 25.5 Å². The molecule has 0 aliphatic carbocycles. The van der Waals surface area contributed by atoms with E-state index in [9.17, 15) is 14.4 Å². The molecule has 1 aromatic carbocycles. The van der Waals surface area contributed by atoms with Crippen LogP contribution in [0.15, 0.2) is 30.3 Å². The van der Waals surface area contributed by atoms with E-state index in [1.165, 1.54) is 0 Å². The summed E-state index contributed by atoms with van der Waals surface area (Å²) in [5.74, 6) is -2.00. The number of hydrogen-bond acceptors (Lipinski definition) is 4. The fourth-order valence-corrected chi connectivity index (χ4v) is 1.33. The van der Waals surface area contributed by atoms with E-state index in [2.05, 4.69) is 5.32 Å². The van der Waals surface area contributed by atoms with Crippen molar-refractivity contribution in [2.75, 3.05) is 13.2 Å². The zero-order valence-electron chi connectivity index (χ0n) is 10.3. The van der Waals surface area contributed by atoms with Crippen molar-refractivity contribution in [3.05, 3.63) is 35.9 Å². The van der Waals surface area contributed by atoms with Crippen LogP contribution in [0.1, 0.15) is 12.0 Å². The topological polar surface area (TPSA) is 92.7 Å². The number of nitrogens with one attached hydrogen (secondary N) is 1. The molecule has 0 saturated carbocycles. The third kappa shape index (κ3) is 6.82. The molecule has 6 nitrogen and oxygen atoms in total. The molecular weight excluding hydrogens is 250 g/mol. The summed E-state index contributed by atoms with van der Waals surface area (Å²) in [6, 6.07) is 9.10. The number of carboxylic acid groups (broad SMARTS) is 1. The lowest BCUT2D eigenvalue weighted by molar-refractivity contribution is -0.144. The number of amides is 1. The Morgan fingerprint density at radius 1 is 1.16 bits per heavy atom. The van der Waals surface area contributed by atoms with Gasteiger partial charge in [-0.3, -0.25) is 14.4 Å². The predicted molar refractivity (Wildman–Crippen MR) is 66.4 cm³/mol. The molecule has 6 heteroatoms. The smallest absolute Gasteiger partial charge is 0.322 e. The van der Waals surface area contributed by atoms with E-state index in [-0.39, 0.29) is 19.4 Å². The van der Waals surface area contributed by atoms with E-state index in [0.717, 1.165) is 5.56 Å². The highest BCUT2D eigenvalue weighted by atomic mass is 16.5. The maximum atomic E-state index is 11.4. The highest BCUT2D eigenvalue weighted by Crippen LogP contribution is 2.00. The first-order valence-corrected chi connectivity index (χ1v) is 5.76. The van der Waals surface area contributed by atoms with Gasteiger partial charge in [-0.05, 0) is 5.56 Å². The fraction of sp³-hybridized carbons (Fsp3) is 0.308. The Hall–Kier alpha value is -2.37. The SMILES string of the molecule is O=C(O)CNC(=O)CCOC(=O)Cc1ccccc1. The van der Waals surface area contributed by atoms with Gasteiger partial charge in [0.2, 0.25) is 5.91 Å². The molecule has 0 aromatic heterocycles. The lowest BCUT2D eigenvalue weighted by Gasteiger charge is -2.05. The number of ether oxygens (including phenoxy) is 1. The molecule has 1 aromatic rings. The number of aliphatic carboxylic acids is 1. The summed E-state index contributed by atoms with van der Waals surface area (Å²) in [5, 5.41) is 10.5. The van der Waals surface area contributed by atoms with Crippen molar-refractivity contribution >= 4 is 17.8 Å². The summed E-state index contributed by atoms with van der Waals surface area (Å²) < 4.78 is 4.88. The van der Waals surface area contributed by atoms with Gasteiger partial charge in [0.1, 0.15) is 13.2 Å². The summed E-state index contributed by atoms with van der Waals surface area (Å²) in [4.78, 5) is 32.7. The molecule has 0 atom stereocenters. The molecule has 0 bridgehead atoms. The highest BCUT2D eigenvalue weighted by molar-refractivity contribution is 5.81. The van der Waals surface area contributed by atoms with Crippen LogP contribution in [0.5, 0.6) is 0 Å². The number of carbonyl (C=O) groups is 3. The third-order valence-electron chi connectivity index (χ3n) is 2.22. The van der Waals surface area contributed by atoms with E-state index >= 15 is 0 Å². The van der Waals surface area contributed by atoms with E-state index in [1.807, 2.05) is 18.2 Å². The second-order valence-electron chi connectivity index (χ2n) is 3.80. The Morgan fingerprint density at radius 2 is 1.84 bits per heavy atom. The molecule has 0 radical (unpaired) electrons. The lowest BCUT2D eigenvalue weighted by atomic mass is 10.2. The minimum Gasteiger partial charge on any atom is -0.480 e. The Bertz CT molecular complexity index is 444. The van der Waals surface area contributed by atoms with Crippen molar-refractivity contribution in [2.24, 2.45) is 0 Å². The van der Waals surface area contributed by atoms with Crippen molar-refractivity contribution in [3.8, 4) is 0 Å². The van der Waals surface area contributed by atoms with Gasteiger partial charge in [0.05, 0.1) is 12.8 Å². The molecular formula is C13H15NO5. The Labute approximate surface area is 110 Å². The second kappa shape index (κ2) is 7.86. The zero-order chi connectivity index (χ0) is 14.1. The highest BCUT2D eigenvalue weighted by Gasteiger charge is 2.07. The summed E-state index contributed by atoms with van der Waals surface area (Å²) >= 11 is 0. The Kier molecular flexibility index (Phi) is 6.08. The fourth-order valence-electron chi connectivity index (χ4n) is 1.33. The Balaban J connectivity index is 2.17. The average molecular weight is 265 g/mol. The quantitative estimate of drug-likeness (QED) is 0.694. The van der Waals surface area contributed by atoms with Crippen LogP contribution < -0.4 is 5.32 Å². The second-order valence-corrected chi connectivity index (χ2v) is 3.80. The molecule has 19 heavy (non-hydrogen) atoms. The van der Waals surface area contributed by atoms with Gasteiger partial charge in [0, 0.05) is 0 Å². The maximum absolute atomic E-state index is 11.4. The first kappa shape index (κ1) is 14.7. The van der Waals surface area contributed by atoms with E-state index < -0.39 is 24.4 Å². The van der Waals surface area contributed by atoms with E-state index in [4.69, 9.17) is 9.84 Å². The number of carbonyl (C=O) groups excluding carboxylic acids is 2. The van der Waals surface area contributed by atoms with Crippen molar-refractivity contribution in [1.29, 1.82) is 0 Å². The van der Waals surface area contributed by atoms with Crippen molar-refractivity contribution < 1.29 is 24.2 Å². The van der Waals surface area contributed by atoms with Crippen molar-refractivity contribution in [2.45, 2.75) is 12.8 Å². The number of rotatable bonds is 7. The van der Waals surface area contributed by atoms with Crippen LogP contribution in [0, 0.1) is 0 Å². The Morgan fingerprint density at radius 3 is 2.47 bits per heavy atom. The molecule has 0 heterocycles. The molecule has 0 fully saturated rings. The van der Waals surface area contributed by atoms with Crippen LogP contribution in [0.4, 0.5) is 0 Å². The standard InChI is InChI=1S/C13H15NO5/c15-11(14-9-12(16)17)6-7-19-13(18)8-10-4-2-1-3-5-10/h1-5H,6-9H2,(H,14,15)(H,16,17). The number of carboxylic acids is 1. The summed E-state index contributed by atoms with van der Waals surface area (Å²) in [7, 11) is 0. The number of hydrogen-bond donors (Lipinski definition) is 2. The number of esters is 1. The maximum Gasteiger partial charge on any atom is 0.322 e. The summed E-state index contributed by atoms with van der Waals surface area (Å²) in [6.45, 7) is -0.492. The normalized spacial score (nSPS) is 9.68. The molecule has 1 rings (SSSR count). The first-order valence-electron chi connectivity index (χ1n) is 5.76. The van der Waals surface area contributed by atoms with Gasteiger partial charge in [0.25, 0.3) is 0 Å². The minimum atomic E-state index is -1.12. The lowest BCUT2D eigenvalue weighted by Crippen LogP contribution is -2.30. The molecule has 0 aliphatic rings. The van der Waals surface area contributed by atoms with E-state index in [1.54, 1.807) is 12.1 Å². The van der Waals surface area contributed by atoms with Crippen LogP contribution >= 0.6 is 0 Å². The van der Waals surface area contributed by atoms with Crippen LogP contribution in [0.25, 0.3) is 0 Å². The van der Waals surface area contributed by atoms with Gasteiger partial charge >= 0.3 is 11.9 Å². The van der Waals surface area contributed by atoms with Crippen molar-refractivity contribution in [1.82, 2.24) is 5.32 Å². The van der Waals surface area contributed by atoms with E-state index in [0.29, 0.717) is 0 Å². The molecule has 1 amide bonds. The first-order chi connectivity index (χ1) is 9.08. The molecule has 0 aliphatic heterocycles. The monoisotopic (exact) mass is 265 g/mol. The van der Waals surface area contributed by atoms with Crippen LogP contribution in [0.3, 0.4) is 0 Å². The van der Waals surface area contributed by atoms with Gasteiger partial charge < -0.3 is 15.2 Å². The molecule has 102 valence electrons. The average Bonchev–Trinajstić information content (AvgIpc) is 2.37. The zero-order valence-corrected chi connectivity index (χ0v) is 10.3. The number of benzene rings is 1. The largest absolute Gasteiger partial charge is 0.480 e. The molecule has 0 saturated heterocycles. The van der Waals surface area contributed by atoms with Crippen molar-refractivity contribution in [3.63, 3.8) is 0 Å². The van der Waals surface area contributed by atoms with Gasteiger partial charge in [-0.2, -0.15) is 0 Å². The van der Waals surface area contributed by atoms with Crippen LogP contribution in [-0.4, -0.2) is 36.1 Å². The molecule has 0 unspecified atom stereocenters. The molecule has 0 spiro atoms. The van der Waals surface area contributed by atoms with Gasteiger partial charge in [0.15, 0.2) is 0 Å². The third-order valence-corrected chi connectivity index (χ3v) is 2.22. The van der Waals surface area contributed by atoms with Gasteiger partial charge in [-0.1, -0.05) is 30.3 Å². The molecule has 2 N–H and O–H groups in total. The van der Waals surface area contributed by atoms with Gasteiger partial charge in [-0.15, -0.1) is 0 Å². The summed E-state index contributed by atoms with van der Waals surface area (Å²) in [5.41, 5.74) is 0.836. The minimum absolute atomic E-state index is 0.0478. The van der Waals surface area contributed by atoms with Gasteiger partial charge in [-0.25, -0.2) is 0 Å². The summed E-state index contributed by atoms with van der Waals surface area (Å²) in [6.07, 6.45) is 0.103. The predicted octanol–water partition coefficient (Wildman–Crippen LogP) is 0.363.